The van der Waals surface area contributed by atoms with Gasteiger partial charge in [-0.15, -0.1) is 0 Å². The van der Waals surface area contributed by atoms with Gasteiger partial charge in [-0.3, -0.25) is 9.78 Å². The Labute approximate surface area is 123 Å². The van der Waals surface area contributed by atoms with Crippen LogP contribution in [0.25, 0.3) is 0 Å². The van der Waals surface area contributed by atoms with Gasteiger partial charge < -0.3 is 9.64 Å². The van der Waals surface area contributed by atoms with Crippen LogP contribution in [0.2, 0.25) is 0 Å². The second-order valence-corrected chi connectivity index (χ2v) is 5.04. The van der Waals surface area contributed by atoms with Crippen molar-refractivity contribution in [2.45, 2.75) is 13.0 Å². The molecule has 0 bridgehead atoms. The lowest BCUT2D eigenvalue weighted by atomic mass is 10.0. The van der Waals surface area contributed by atoms with Crippen molar-refractivity contribution in [3.63, 3.8) is 0 Å². The number of aromatic nitrogens is 2. The van der Waals surface area contributed by atoms with Crippen LogP contribution in [0.3, 0.4) is 0 Å². The minimum atomic E-state index is -0.0975. The second kappa shape index (κ2) is 6.01. The minimum absolute atomic E-state index is 0.0736. The largest absolute Gasteiger partial charge is 0.377 e. The zero-order valence-corrected chi connectivity index (χ0v) is 11.9. The van der Waals surface area contributed by atoms with Crippen molar-refractivity contribution < 1.29 is 9.53 Å². The number of carbonyl (C=O) groups excluding carboxylic acids is 1. The fraction of sp³-hybridized carbons (Fsp3) is 0.312. The molecule has 0 saturated carbocycles. The van der Waals surface area contributed by atoms with E-state index in [1.807, 2.05) is 42.2 Å². The summed E-state index contributed by atoms with van der Waals surface area (Å²) in [5.74, 6) is -0.0975. The molecule has 1 fully saturated rings. The maximum Gasteiger partial charge on any atom is 0.274 e. The molecule has 0 aliphatic carbocycles. The van der Waals surface area contributed by atoms with Crippen molar-refractivity contribution in [1.82, 2.24) is 14.9 Å². The van der Waals surface area contributed by atoms with Gasteiger partial charge >= 0.3 is 0 Å². The zero-order chi connectivity index (χ0) is 14.7. The molecule has 1 aliphatic rings. The number of amides is 1. The molecule has 0 radical (unpaired) electrons. The van der Waals surface area contributed by atoms with E-state index in [0.29, 0.717) is 25.5 Å². The van der Waals surface area contributed by atoms with Crippen molar-refractivity contribution in [2.24, 2.45) is 0 Å². The Kier molecular flexibility index (Phi) is 3.92. The summed E-state index contributed by atoms with van der Waals surface area (Å²) in [6.07, 6.45) is 3.15. The first-order valence-electron chi connectivity index (χ1n) is 6.98. The summed E-state index contributed by atoms with van der Waals surface area (Å²) in [4.78, 5) is 22.8. The summed E-state index contributed by atoms with van der Waals surface area (Å²) in [5.41, 5.74) is 2.25. The normalized spacial score (nSPS) is 18.5. The molecule has 1 aromatic carbocycles. The summed E-state index contributed by atoms with van der Waals surface area (Å²) in [6.45, 7) is 3.47. The van der Waals surface area contributed by atoms with E-state index >= 15 is 0 Å². The first-order chi connectivity index (χ1) is 10.3. The van der Waals surface area contributed by atoms with Gasteiger partial charge in [-0.25, -0.2) is 4.98 Å². The molecular formula is C16H17N3O2. The monoisotopic (exact) mass is 283 g/mol. The number of hydrogen-bond donors (Lipinski definition) is 0. The van der Waals surface area contributed by atoms with E-state index in [0.717, 1.165) is 11.3 Å². The highest BCUT2D eigenvalue weighted by molar-refractivity contribution is 5.92. The maximum absolute atomic E-state index is 12.7. The molecule has 0 N–H and O–H groups in total. The van der Waals surface area contributed by atoms with E-state index in [4.69, 9.17) is 4.74 Å². The third-order valence-electron chi connectivity index (χ3n) is 3.57. The molecule has 3 rings (SSSR count). The number of nitrogens with zero attached hydrogens (tertiary/aromatic N) is 3. The molecule has 1 atom stereocenters. The fourth-order valence-corrected chi connectivity index (χ4v) is 2.45. The van der Waals surface area contributed by atoms with E-state index < -0.39 is 0 Å². The highest BCUT2D eigenvalue weighted by Crippen LogP contribution is 2.25. The lowest BCUT2D eigenvalue weighted by Crippen LogP contribution is -2.43. The molecule has 108 valence electrons. The van der Waals surface area contributed by atoms with Crippen LogP contribution in [-0.4, -0.2) is 40.5 Å². The average Bonchev–Trinajstić information content (AvgIpc) is 2.56. The maximum atomic E-state index is 12.7. The molecule has 21 heavy (non-hydrogen) atoms. The highest BCUT2D eigenvalue weighted by Gasteiger charge is 2.29. The molecule has 1 saturated heterocycles. The van der Waals surface area contributed by atoms with Gasteiger partial charge in [-0.1, -0.05) is 30.3 Å². The molecule has 1 amide bonds. The minimum Gasteiger partial charge on any atom is -0.377 e. The Hall–Kier alpha value is -2.27. The van der Waals surface area contributed by atoms with E-state index in [2.05, 4.69) is 9.97 Å². The number of morpholine rings is 1. The summed E-state index contributed by atoms with van der Waals surface area (Å²) < 4.78 is 5.54. The van der Waals surface area contributed by atoms with E-state index in [-0.39, 0.29) is 11.9 Å². The molecule has 5 nitrogen and oxygen atoms in total. The van der Waals surface area contributed by atoms with Crippen LogP contribution < -0.4 is 0 Å². The van der Waals surface area contributed by atoms with Gasteiger partial charge in [-0.2, -0.15) is 0 Å². The molecule has 2 aromatic rings. The van der Waals surface area contributed by atoms with Crippen LogP contribution in [0.4, 0.5) is 0 Å². The van der Waals surface area contributed by atoms with Crippen molar-refractivity contribution >= 4 is 5.91 Å². The Morgan fingerprint density at radius 3 is 2.76 bits per heavy atom. The van der Waals surface area contributed by atoms with E-state index in [9.17, 15) is 4.79 Å². The van der Waals surface area contributed by atoms with Crippen LogP contribution in [0.1, 0.15) is 27.8 Å². The lowest BCUT2D eigenvalue weighted by molar-refractivity contribution is -0.00303. The van der Waals surface area contributed by atoms with Gasteiger partial charge in [0.25, 0.3) is 5.91 Å². The third-order valence-corrected chi connectivity index (χ3v) is 3.57. The number of rotatable bonds is 2. The highest BCUT2D eigenvalue weighted by atomic mass is 16.5. The van der Waals surface area contributed by atoms with Crippen LogP contribution in [0, 0.1) is 6.92 Å². The molecule has 5 heteroatoms. The molecule has 1 aromatic heterocycles. The van der Waals surface area contributed by atoms with Crippen LogP contribution in [0.5, 0.6) is 0 Å². The number of hydrogen-bond acceptors (Lipinski definition) is 4. The molecule has 0 unspecified atom stereocenters. The van der Waals surface area contributed by atoms with Gasteiger partial charge in [0.05, 0.1) is 31.1 Å². The molecule has 2 heterocycles. The zero-order valence-electron chi connectivity index (χ0n) is 11.9. The second-order valence-electron chi connectivity index (χ2n) is 5.04. The van der Waals surface area contributed by atoms with Crippen LogP contribution >= 0.6 is 0 Å². The predicted octanol–water partition coefficient (Wildman–Crippen LogP) is 2.00. The number of benzene rings is 1. The lowest BCUT2D eigenvalue weighted by Gasteiger charge is -2.35. The van der Waals surface area contributed by atoms with E-state index in [1.54, 1.807) is 6.20 Å². The van der Waals surface area contributed by atoms with Gasteiger partial charge in [0.15, 0.2) is 0 Å². The van der Waals surface area contributed by atoms with Gasteiger partial charge in [0.1, 0.15) is 5.69 Å². The summed E-state index contributed by atoms with van der Waals surface area (Å²) in [5, 5.41) is 0. The van der Waals surface area contributed by atoms with Crippen molar-refractivity contribution in [2.75, 3.05) is 19.8 Å². The molecule has 0 spiro atoms. The predicted molar refractivity (Wildman–Crippen MR) is 77.8 cm³/mol. The third kappa shape index (κ3) is 2.92. The number of carbonyl (C=O) groups is 1. The van der Waals surface area contributed by atoms with E-state index in [1.165, 1.54) is 6.20 Å². The van der Waals surface area contributed by atoms with Crippen molar-refractivity contribution in [1.29, 1.82) is 0 Å². The fourth-order valence-electron chi connectivity index (χ4n) is 2.45. The summed E-state index contributed by atoms with van der Waals surface area (Å²) in [6, 6.07) is 9.86. The van der Waals surface area contributed by atoms with Crippen LogP contribution in [-0.2, 0) is 4.74 Å². The Balaban J connectivity index is 1.87. The SMILES string of the molecule is Cc1cnc(C(=O)N2CCOC[C@H]2c2ccccc2)cn1. The van der Waals surface area contributed by atoms with Crippen molar-refractivity contribution in [3.05, 3.63) is 59.7 Å². The van der Waals surface area contributed by atoms with Gasteiger partial charge in [0.2, 0.25) is 0 Å². The van der Waals surface area contributed by atoms with Crippen molar-refractivity contribution in [3.8, 4) is 0 Å². The first kappa shape index (κ1) is 13.7. The van der Waals surface area contributed by atoms with Gasteiger partial charge in [-0.05, 0) is 12.5 Å². The average molecular weight is 283 g/mol. The topological polar surface area (TPSA) is 55.3 Å². The summed E-state index contributed by atoms with van der Waals surface area (Å²) in [7, 11) is 0. The molecule has 1 aliphatic heterocycles. The Morgan fingerprint density at radius 2 is 2.05 bits per heavy atom. The standard InChI is InChI=1S/C16H17N3O2/c1-12-9-18-14(10-17-12)16(20)19-7-8-21-11-15(19)13-5-3-2-4-6-13/h2-6,9-10,15H,7-8,11H2,1H3/t15-/m0/s1. The summed E-state index contributed by atoms with van der Waals surface area (Å²) >= 11 is 0. The quantitative estimate of drug-likeness (QED) is 0.846. The first-order valence-corrected chi connectivity index (χ1v) is 6.98. The number of ether oxygens (including phenoxy) is 1. The van der Waals surface area contributed by atoms with Crippen LogP contribution in [0.15, 0.2) is 42.7 Å². The smallest absolute Gasteiger partial charge is 0.274 e. The number of aryl methyl sites for hydroxylation is 1. The molecular weight excluding hydrogens is 266 g/mol. The van der Waals surface area contributed by atoms with Gasteiger partial charge in [0, 0.05) is 12.7 Å². The Morgan fingerprint density at radius 1 is 1.24 bits per heavy atom. The Bertz CT molecular complexity index is 613.